The normalized spacial score (nSPS) is 17.8. The van der Waals surface area contributed by atoms with Gasteiger partial charge in [-0.2, -0.15) is 13.2 Å². The van der Waals surface area contributed by atoms with Crippen molar-refractivity contribution in [3.8, 4) is 0 Å². The number of halogens is 3. The van der Waals surface area contributed by atoms with E-state index in [-0.39, 0.29) is 99.9 Å². The highest BCUT2D eigenvalue weighted by molar-refractivity contribution is 7.10. The maximum atomic E-state index is 16.3. The first-order chi connectivity index (χ1) is 45.7. The molecule has 0 bridgehead atoms. The summed E-state index contributed by atoms with van der Waals surface area (Å²) in [7, 11) is 0. The van der Waals surface area contributed by atoms with Crippen LogP contribution in [-0.4, -0.2) is 225 Å². The van der Waals surface area contributed by atoms with Crippen molar-refractivity contribution < 1.29 is 86.3 Å². The molecule has 0 saturated carbocycles. The summed E-state index contributed by atoms with van der Waals surface area (Å²) in [5, 5.41) is 56.2. The fourth-order valence-corrected chi connectivity index (χ4v) is 12.1. The zero-order valence-corrected chi connectivity index (χ0v) is 54.1. The number of aliphatic carboxylic acids is 2. The fraction of sp³-hybridized carbons (Fsp3) is 0.517. The minimum absolute atomic E-state index is 0.00249. The molecule has 2 fully saturated rings. The van der Waals surface area contributed by atoms with E-state index >= 15 is 28.8 Å². The number of guanidine groups is 3. The van der Waals surface area contributed by atoms with Gasteiger partial charge in [0.1, 0.15) is 18.1 Å². The van der Waals surface area contributed by atoms with E-state index in [2.05, 4.69) is 41.6 Å². The number of amides is 7. The number of thiophene rings is 2. The molecule has 534 valence electrons. The lowest BCUT2D eigenvalue weighted by atomic mass is 9.71. The number of carboxylic acid groups (broad SMARTS) is 2. The molecule has 34 nitrogen and oxygen atoms in total. The van der Waals surface area contributed by atoms with Gasteiger partial charge in [-0.15, -0.1) is 22.7 Å². The third-order valence-corrected chi connectivity index (χ3v) is 17.1. The summed E-state index contributed by atoms with van der Waals surface area (Å²) in [5.41, 5.74) is 49.2. The Bertz CT molecular complexity index is 3270. The van der Waals surface area contributed by atoms with Crippen LogP contribution in [0.15, 0.2) is 80.3 Å². The van der Waals surface area contributed by atoms with Crippen LogP contribution in [0.25, 0.3) is 0 Å². The Morgan fingerprint density at radius 1 is 0.660 bits per heavy atom. The predicted molar refractivity (Wildman–Crippen MR) is 348 cm³/mol. The van der Waals surface area contributed by atoms with E-state index in [0.717, 1.165) is 16.2 Å². The first-order valence-electron chi connectivity index (χ1n) is 30.3. The number of aliphatic imine (C=N–C) groups is 3. The number of imide groups is 1. The van der Waals surface area contributed by atoms with Crippen molar-refractivity contribution in [2.45, 2.75) is 137 Å². The van der Waals surface area contributed by atoms with Crippen molar-refractivity contribution in [2.24, 2.45) is 72.5 Å². The van der Waals surface area contributed by atoms with Gasteiger partial charge < -0.3 is 104 Å². The van der Waals surface area contributed by atoms with Gasteiger partial charge in [-0.3, -0.25) is 63.0 Å². The molecule has 7 amide bonds. The number of likely N-dealkylation sites (tertiary alicyclic amines) is 1. The van der Waals surface area contributed by atoms with Crippen molar-refractivity contribution in [1.29, 1.82) is 0 Å². The highest BCUT2D eigenvalue weighted by atomic mass is 32.1. The average molecular weight is 1410 g/mol. The number of hydrogen-bond donors (Lipinski definition) is 18. The Labute approximate surface area is 561 Å². The summed E-state index contributed by atoms with van der Waals surface area (Å²) in [5.74, 6) is -19.7. The number of carboxylic acids is 2. The molecule has 0 aliphatic carbocycles. The molecule has 0 radical (unpaired) electrons. The summed E-state index contributed by atoms with van der Waals surface area (Å²) >= 11 is 2.43. The molecule has 39 heteroatoms. The van der Waals surface area contributed by atoms with E-state index in [0.29, 0.717) is 9.75 Å². The van der Waals surface area contributed by atoms with Gasteiger partial charge in [-0.1, -0.05) is 42.5 Å². The second-order valence-electron chi connectivity index (χ2n) is 22.5. The number of benzene rings is 1. The zero-order chi connectivity index (χ0) is 72.3. The first-order valence-corrected chi connectivity index (χ1v) is 32.0. The summed E-state index contributed by atoms with van der Waals surface area (Å²) in [6.45, 7) is -3.31. The van der Waals surface area contributed by atoms with Gasteiger partial charge in [-0.25, -0.2) is 9.59 Å². The van der Waals surface area contributed by atoms with Gasteiger partial charge >= 0.3 is 18.1 Å². The quantitative estimate of drug-likeness (QED) is 0.0112. The molecule has 1 aromatic carbocycles. The lowest BCUT2D eigenvalue weighted by Gasteiger charge is -2.45. The molecule has 2 aliphatic heterocycles. The summed E-state index contributed by atoms with van der Waals surface area (Å²) < 4.78 is 31.7. The van der Waals surface area contributed by atoms with Gasteiger partial charge in [-0.05, 0) is 79.8 Å². The number of ketones is 2. The minimum Gasteiger partial charge on any atom is -0.479 e. The molecular weight excluding hydrogens is 1320 g/mol. The van der Waals surface area contributed by atoms with Gasteiger partial charge in [0.25, 0.3) is 5.91 Å². The summed E-state index contributed by atoms with van der Waals surface area (Å²) in [4.78, 5) is 173. The topological polar surface area (TPSA) is 607 Å². The SMILES string of the molecule is NC(N)=NCCC[C@@H](N)C(=O)N[C@@H](CCCN=C(N)N)C(=O)N1CCC[C@H]1C(=O)C(CCN=C(N)N)[C@@](C(=O)O)(C(=O)CNC(=O)[C@@H]1C[C@@H](O)CN1)N(C(=O)[C@@H](N)Cc1cccs1)C(=O)[C@@H](Cc1ccccc1)NC(=O)[C@H](CO)NC(=O)[C@@H](N)Cc1cccs1.O=C(O)C(F)(F)F. The number of carbonyl (C=O) groups is 11. The lowest BCUT2D eigenvalue weighted by Crippen LogP contribution is -2.75. The Kier molecular flexibility index (Phi) is 31.8. The molecule has 2 aromatic heterocycles. The smallest absolute Gasteiger partial charge is 0.479 e. The Balaban J connectivity index is 0.00000270. The van der Waals surface area contributed by atoms with Crippen LogP contribution in [0.5, 0.6) is 0 Å². The van der Waals surface area contributed by atoms with Crippen LogP contribution in [0.3, 0.4) is 0 Å². The molecule has 1 unspecified atom stereocenters. The standard InChI is InChI=1S/C56H83N19O13S2.C2HF3O2/c57-35(13-4-17-66-53(60)61)45(80)71-38(14-5-18-67-54(62)63)50(85)74-20-6-15-42(74)44(79)34(16-19-68-55(64)65)56(52(87)88,43(78)28-70-47(82)39-24-31(77)27-69-39)75(49(84)37(59)26-33-12-8-22-90-33)51(86)40(23-30-9-2-1-3-10-30)72-48(83)41(29-76)73-46(81)36(58)25-32-11-7-21-89-32;3-2(4,5)1(6)7/h1-3,7-12,21-22,31,34-42,69,76-77H,4-6,13-20,23-29,57-59H2,(H,70,82)(H,71,80)(H,72,83)(H,73,81)(H,87,88)(H4,60,61,66)(H4,62,63,67)(H4,64,65,68);(H,6,7)/t31-,34?,35-,36+,37+,38+,39+,40-,41+,42+,56+;/m1./s1. The molecule has 3 aromatic rings. The summed E-state index contributed by atoms with van der Waals surface area (Å²) in [6, 6.07) is 1.63. The van der Waals surface area contributed by atoms with Crippen molar-refractivity contribution >= 4 is 105 Å². The molecule has 4 heterocycles. The van der Waals surface area contributed by atoms with Crippen molar-refractivity contribution in [3.63, 3.8) is 0 Å². The zero-order valence-electron chi connectivity index (χ0n) is 52.5. The fourth-order valence-electron chi connectivity index (χ4n) is 10.6. The Morgan fingerprint density at radius 3 is 1.71 bits per heavy atom. The largest absolute Gasteiger partial charge is 0.490 e. The number of hydrogen-bond acceptors (Lipinski definition) is 22. The number of Topliss-reactive ketones (excluding diaryl/α,β-unsaturated/α-hetero) is 2. The molecule has 2 saturated heterocycles. The number of nitrogens with two attached hydrogens (primary N) is 9. The average Bonchev–Trinajstić information content (AvgIpc) is 1.73. The van der Waals surface area contributed by atoms with Gasteiger partial charge in [0, 0.05) is 61.7 Å². The highest BCUT2D eigenvalue weighted by Gasteiger charge is 2.65. The van der Waals surface area contributed by atoms with E-state index < -0.39 is 182 Å². The molecule has 97 heavy (non-hydrogen) atoms. The van der Waals surface area contributed by atoms with Gasteiger partial charge in [0.15, 0.2) is 29.4 Å². The van der Waals surface area contributed by atoms with Crippen molar-refractivity contribution in [1.82, 2.24) is 36.4 Å². The molecule has 11 atom stereocenters. The molecular formula is C58H84F3N19O15S2. The van der Waals surface area contributed by atoms with Crippen LogP contribution in [0.1, 0.15) is 66.7 Å². The highest BCUT2D eigenvalue weighted by Crippen LogP contribution is 2.37. The monoisotopic (exact) mass is 1410 g/mol. The molecule has 2 aliphatic rings. The molecule has 0 spiro atoms. The number of β-amino-alcohol motifs (C(OH)–C–C–N with tert-alkyl or cyclic N) is 1. The van der Waals surface area contributed by atoms with Gasteiger partial charge in [0.05, 0.1) is 55.4 Å². The van der Waals surface area contributed by atoms with E-state index in [4.69, 9.17) is 61.5 Å². The van der Waals surface area contributed by atoms with E-state index in [1.807, 2.05) is 0 Å². The van der Waals surface area contributed by atoms with Crippen molar-refractivity contribution in [3.05, 3.63) is 80.7 Å². The van der Waals surface area contributed by atoms with Crippen LogP contribution in [0.4, 0.5) is 13.2 Å². The van der Waals surface area contributed by atoms with Crippen LogP contribution in [0.2, 0.25) is 0 Å². The number of aliphatic hydroxyl groups excluding tert-OH is 2. The van der Waals surface area contributed by atoms with Crippen LogP contribution in [-0.2, 0) is 72.0 Å². The van der Waals surface area contributed by atoms with Crippen LogP contribution in [0, 0.1) is 5.92 Å². The van der Waals surface area contributed by atoms with E-state index in [1.165, 1.54) is 23.5 Å². The third kappa shape index (κ3) is 24.1. The lowest BCUT2D eigenvalue weighted by molar-refractivity contribution is -0.192. The second kappa shape index (κ2) is 38.5. The number of nitrogens with zero attached hydrogens (tertiary/aromatic N) is 5. The maximum absolute atomic E-state index is 16.3. The number of nitrogens with one attached hydrogen (secondary N) is 5. The predicted octanol–water partition coefficient (Wildman–Crippen LogP) is -5.57. The second-order valence-corrected chi connectivity index (χ2v) is 24.5. The van der Waals surface area contributed by atoms with E-state index in [1.54, 1.807) is 53.2 Å². The number of alkyl halides is 3. The maximum Gasteiger partial charge on any atom is 0.490 e. The minimum atomic E-state index is -5.08. The van der Waals surface area contributed by atoms with Crippen LogP contribution >= 0.6 is 22.7 Å². The van der Waals surface area contributed by atoms with Crippen LogP contribution < -0.4 is 78.2 Å². The third-order valence-electron chi connectivity index (χ3n) is 15.3. The number of rotatable bonds is 36. The number of carbonyl (C=O) groups excluding carboxylic acids is 9. The Hall–Kier alpha value is -9.25. The molecule has 27 N–H and O–H groups in total. The van der Waals surface area contributed by atoms with E-state index in [9.17, 15) is 47.7 Å². The first kappa shape index (κ1) is 80.2. The van der Waals surface area contributed by atoms with Crippen molar-refractivity contribution in [2.75, 3.05) is 45.9 Å². The summed E-state index contributed by atoms with van der Waals surface area (Å²) in [6.07, 6.45) is -8.13. The van der Waals surface area contributed by atoms with Gasteiger partial charge in [0.2, 0.25) is 41.0 Å². The number of aliphatic hydroxyl groups is 2. The Morgan fingerprint density at radius 2 is 1.20 bits per heavy atom. The molecule has 5 rings (SSSR count).